The second kappa shape index (κ2) is 5.66. The predicted octanol–water partition coefficient (Wildman–Crippen LogP) is 1.73. The Hall–Kier alpha value is -1.34. The van der Waals surface area contributed by atoms with Gasteiger partial charge in [0.25, 0.3) is 0 Å². The molecule has 0 aliphatic carbocycles. The molecule has 0 radical (unpaired) electrons. The molecule has 0 aromatic carbocycles. The average Bonchev–Trinajstić information content (AvgIpc) is 2.67. The van der Waals surface area contributed by atoms with Gasteiger partial charge in [-0.2, -0.15) is 5.26 Å². The van der Waals surface area contributed by atoms with E-state index in [-0.39, 0.29) is 0 Å². The number of aromatic nitrogens is 2. The number of nitriles is 1. The quantitative estimate of drug-likeness (QED) is 0.794. The minimum absolute atomic E-state index is 0.516. The predicted molar refractivity (Wildman–Crippen MR) is 63.9 cm³/mol. The molecule has 0 aliphatic rings. The lowest BCUT2D eigenvalue weighted by Crippen LogP contribution is -2.44. The average molecular weight is 220 g/mol. The molecule has 0 saturated heterocycles. The summed E-state index contributed by atoms with van der Waals surface area (Å²) < 4.78 is 2.06. The highest BCUT2D eigenvalue weighted by Crippen LogP contribution is 2.10. The highest BCUT2D eigenvalue weighted by Gasteiger charge is 2.23. The highest BCUT2D eigenvalue weighted by molar-refractivity contribution is 5.06. The van der Waals surface area contributed by atoms with E-state index in [1.165, 1.54) is 0 Å². The summed E-state index contributed by atoms with van der Waals surface area (Å²) in [6, 6.07) is 2.33. The Morgan fingerprint density at radius 1 is 1.56 bits per heavy atom. The molecule has 16 heavy (non-hydrogen) atoms. The summed E-state index contributed by atoms with van der Waals surface area (Å²) in [6.07, 6.45) is 5.77. The van der Waals surface area contributed by atoms with Crippen molar-refractivity contribution in [2.45, 2.75) is 45.7 Å². The van der Waals surface area contributed by atoms with Gasteiger partial charge in [0, 0.05) is 18.8 Å². The van der Waals surface area contributed by atoms with E-state index in [1.54, 1.807) is 6.20 Å². The standard InChI is InChI=1S/C12H20N4/c1-4-6-11-14-7-8-16(11)10-12(3,9-13)15-5-2/h7-8,15H,4-6,10H2,1-3H3. The lowest BCUT2D eigenvalue weighted by atomic mass is 10.0. The van der Waals surface area contributed by atoms with Crippen LogP contribution in [0.3, 0.4) is 0 Å². The summed E-state index contributed by atoms with van der Waals surface area (Å²) in [4.78, 5) is 4.31. The Labute approximate surface area is 97.3 Å². The minimum atomic E-state index is -0.516. The molecule has 1 N–H and O–H groups in total. The van der Waals surface area contributed by atoms with E-state index in [0.717, 1.165) is 25.2 Å². The smallest absolute Gasteiger partial charge is 0.122 e. The van der Waals surface area contributed by atoms with Crippen LogP contribution in [0, 0.1) is 11.3 Å². The van der Waals surface area contributed by atoms with Crippen LogP contribution in [0.15, 0.2) is 12.4 Å². The topological polar surface area (TPSA) is 53.6 Å². The Morgan fingerprint density at radius 2 is 2.31 bits per heavy atom. The summed E-state index contributed by atoms with van der Waals surface area (Å²) in [6.45, 7) is 7.50. The van der Waals surface area contributed by atoms with Crippen molar-refractivity contribution >= 4 is 0 Å². The second-order valence-electron chi connectivity index (χ2n) is 4.20. The molecule has 1 heterocycles. The lowest BCUT2D eigenvalue weighted by Gasteiger charge is -2.23. The van der Waals surface area contributed by atoms with Crippen LogP contribution >= 0.6 is 0 Å². The van der Waals surface area contributed by atoms with Crippen molar-refractivity contribution in [2.75, 3.05) is 6.54 Å². The maximum atomic E-state index is 9.19. The first-order chi connectivity index (χ1) is 7.65. The van der Waals surface area contributed by atoms with Gasteiger partial charge in [-0.3, -0.25) is 5.32 Å². The Kier molecular flexibility index (Phi) is 4.51. The van der Waals surface area contributed by atoms with Crippen molar-refractivity contribution in [3.05, 3.63) is 18.2 Å². The van der Waals surface area contributed by atoms with Gasteiger partial charge in [-0.05, 0) is 19.9 Å². The maximum absolute atomic E-state index is 9.19. The van der Waals surface area contributed by atoms with Crippen LogP contribution in [0.5, 0.6) is 0 Å². The van der Waals surface area contributed by atoms with Crippen molar-refractivity contribution in [3.8, 4) is 6.07 Å². The van der Waals surface area contributed by atoms with E-state index in [0.29, 0.717) is 6.54 Å². The van der Waals surface area contributed by atoms with Crippen LogP contribution in [0.25, 0.3) is 0 Å². The summed E-state index contributed by atoms with van der Waals surface area (Å²) >= 11 is 0. The van der Waals surface area contributed by atoms with Crippen LogP contribution in [-0.2, 0) is 13.0 Å². The van der Waals surface area contributed by atoms with Crippen LogP contribution in [-0.4, -0.2) is 21.6 Å². The molecule has 1 aromatic rings. The first kappa shape index (κ1) is 12.7. The molecule has 88 valence electrons. The molecule has 1 aromatic heterocycles. The van der Waals surface area contributed by atoms with Gasteiger partial charge < -0.3 is 4.57 Å². The first-order valence-corrected chi connectivity index (χ1v) is 5.81. The molecular formula is C12H20N4. The normalized spacial score (nSPS) is 14.4. The molecule has 1 atom stereocenters. The van der Waals surface area contributed by atoms with E-state index in [1.807, 2.05) is 20.0 Å². The second-order valence-corrected chi connectivity index (χ2v) is 4.20. The summed E-state index contributed by atoms with van der Waals surface area (Å²) in [5.41, 5.74) is -0.516. The zero-order valence-corrected chi connectivity index (χ0v) is 10.3. The van der Waals surface area contributed by atoms with Crippen molar-refractivity contribution in [3.63, 3.8) is 0 Å². The van der Waals surface area contributed by atoms with E-state index in [2.05, 4.69) is 27.9 Å². The Balaban J connectivity index is 2.78. The van der Waals surface area contributed by atoms with E-state index in [9.17, 15) is 5.26 Å². The van der Waals surface area contributed by atoms with Crippen LogP contribution < -0.4 is 5.32 Å². The Bertz CT molecular complexity index is 363. The third-order valence-electron chi connectivity index (χ3n) is 2.58. The van der Waals surface area contributed by atoms with Crippen molar-refractivity contribution in [1.82, 2.24) is 14.9 Å². The maximum Gasteiger partial charge on any atom is 0.122 e. The summed E-state index contributed by atoms with van der Waals surface area (Å²) in [5, 5.41) is 12.4. The van der Waals surface area contributed by atoms with Gasteiger partial charge in [-0.15, -0.1) is 0 Å². The van der Waals surface area contributed by atoms with Crippen molar-refractivity contribution < 1.29 is 0 Å². The van der Waals surface area contributed by atoms with E-state index < -0.39 is 5.54 Å². The Morgan fingerprint density at radius 3 is 2.88 bits per heavy atom. The molecule has 0 bridgehead atoms. The fraction of sp³-hybridized carbons (Fsp3) is 0.667. The number of hydrogen-bond acceptors (Lipinski definition) is 3. The zero-order chi connectivity index (χ0) is 12.0. The number of nitrogens with zero attached hydrogens (tertiary/aromatic N) is 3. The van der Waals surface area contributed by atoms with E-state index >= 15 is 0 Å². The number of nitrogens with one attached hydrogen (secondary N) is 1. The number of aryl methyl sites for hydroxylation is 1. The fourth-order valence-corrected chi connectivity index (χ4v) is 1.80. The molecule has 1 rings (SSSR count). The third kappa shape index (κ3) is 3.07. The van der Waals surface area contributed by atoms with Gasteiger partial charge in [0.05, 0.1) is 12.6 Å². The summed E-state index contributed by atoms with van der Waals surface area (Å²) in [7, 11) is 0. The van der Waals surface area contributed by atoms with Gasteiger partial charge in [-0.1, -0.05) is 13.8 Å². The molecular weight excluding hydrogens is 200 g/mol. The molecule has 0 fully saturated rings. The monoisotopic (exact) mass is 220 g/mol. The third-order valence-corrected chi connectivity index (χ3v) is 2.58. The SMILES string of the molecule is CCCc1nccn1CC(C)(C#N)NCC. The number of imidazole rings is 1. The van der Waals surface area contributed by atoms with Gasteiger partial charge in [0.15, 0.2) is 0 Å². The van der Waals surface area contributed by atoms with Crippen LogP contribution in [0.2, 0.25) is 0 Å². The molecule has 4 nitrogen and oxygen atoms in total. The van der Waals surface area contributed by atoms with Crippen LogP contribution in [0.1, 0.15) is 33.0 Å². The van der Waals surface area contributed by atoms with Gasteiger partial charge in [0.1, 0.15) is 11.4 Å². The summed E-state index contributed by atoms with van der Waals surface area (Å²) in [5.74, 6) is 1.06. The van der Waals surface area contributed by atoms with Crippen molar-refractivity contribution in [2.24, 2.45) is 0 Å². The van der Waals surface area contributed by atoms with Crippen molar-refractivity contribution in [1.29, 1.82) is 5.26 Å². The van der Waals surface area contributed by atoms with Gasteiger partial charge in [-0.25, -0.2) is 4.98 Å². The highest BCUT2D eigenvalue weighted by atomic mass is 15.1. The molecule has 0 amide bonds. The molecule has 0 spiro atoms. The molecule has 0 saturated carbocycles. The van der Waals surface area contributed by atoms with Gasteiger partial charge >= 0.3 is 0 Å². The fourth-order valence-electron chi connectivity index (χ4n) is 1.80. The first-order valence-electron chi connectivity index (χ1n) is 5.81. The number of rotatable bonds is 6. The largest absolute Gasteiger partial charge is 0.332 e. The van der Waals surface area contributed by atoms with Crippen LogP contribution in [0.4, 0.5) is 0 Å². The molecule has 4 heteroatoms. The zero-order valence-electron chi connectivity index (χ0n) is 10.3. The number of likely N-dealkylation sites (N-methyl/N-ethyl adjacent to an activating group) is 1. The molecule has 1 unspecified atom stereocenters. The van der Waals surface area contributed by atoms with Gasteiger partial charge in [0.2, 0.25) is 0 Å². The number of hydrogen-bond donors (Lipinski definition) is 1. The molecule has 0 aliphatic heterocycles. The van der Waals surface area contributed by atoms with E-state index in [4.69, 9.17) is 0 Å². The lowest BCUT2D eigenvalue weighted by molar-refractivity contribution is 0.390. The minimum Gasteiger partial charge on any atom is -0.332 e.